The fourth-order valence-electron chi connectivity index (χ4n) is 2.58. The number of nitrogens with one attached hydrogen (secondary N) is 1. The van der Waals surface area contributed by atoms with Crippen LogP contribution in [-0.4, -0.2) is 50.2 Å². The Morgan fingerprint density at radius 3 is 2.61 bits per heavy atom. The first-order valence-electron chi connectivity index (χ1n) is 7.30. The smallest absolute Gasteiger partial charge is 0.305 e. The van der Waals surface area contributed by atoms with Gasteiger partial charge < -0.3 is 15.0 Å². The third-order valence-electron chi connectivity index (χ3n) is 4.06. The molecule has 1 N–H and O–H groups in total. The highest BCUT2D eigenvalue weighted by atomic mass is 16.5. The van der Waals surface area contributed by atoms with Crippen LogP contribution in [0.25, 0.3) is 0 Å². The summed E-state index contributed by atoms with van der Waals surface area (Å²) in [4.78, 5) is 13.5. The number of carbonyl (C=O) groups is 1. The fraction of sp³-hybridized carbons (Fsp3) is 0.929. The molecule has 0 aromatic rings. The van der Waals surface area contributed by atoms with Crippen LogP contribution in [0.1, 0.15) is 38.5 Å². The molecule has 2 fully saturated rings. The highest BCUT2D eigenvalue weighted by Gasteiger charge is 2.24. The molecule has 0 aromatic heterocycles. The Hall–Kier alpha value is -0.610. The Balaban J connectivity index is 1.51. The van der Waals surface area contributed by atoms with E-state index < -0.39 is 0 Å². The van der Waals surface area contributed by atoms with Crippen LogP contribution in [0.3, 0.4) is 0 Å². The highest BCUT2D eigenvalue weighted by Crippen LogP contribution is 2.21. The molecule has 18 heavy (non-hydrogen) atoms. The molecule has 1 heterocycles. The Bertz CT molecular complexity index is 259. The number of rotatable bonds is 7. The monoisotopic (exact) mass is 254 g/mol. The lowest BCUT2D eigenvalue weighted by Crippen LogP contribution is -2.38. The van der Waals surface area contributed by atoms with Crippen molar-refractivity contribution in [1.82, 2.24) is 10.2 Å². The average Bonchev–Trinajstić information content (AvgIpc) is 3.21. The molecule has 2 rings (SSSR count). The number of hydrogen-bond donors (Lipinski definition) is 1. The zero-order valence-corrected chi connectivity index (χ0v) is 11.5. The predicted molar refractivity (Wildman–Crippen MR) is 71.4 cm³/mol. The van der Waals surface area contributed by atoms with Crippen LogP contribution in [0.5, 0.6) is 0 Å². The maximum Gasteiger partial charge on any atom is 0.305 e. The molecule has 0 atom stereocenters. The van der Waals surface area contributed by atoms with E-state index in [4.69, 9.17) is 0 Å². The molecule has 1 aliphatic carbocycles. The van der Waals surface area contributed by atoms with Gasteiger partial charge in [-0.05, 0) is 64.2 Å². The number of esters is 1. The molecule has 1 saturated carbocycles. The summed E-state index contributed by atoms with van der Waals surface area (Å²) in [5, 5.41) is 3.63. The molecule has 4 nitrogen and oxygen atoms in total. The number of piperidine rings is 1. The van der Waals surface area contributed by atoms with Gasteiger partial charge in [0.05, 0.1) is 7.11 Å². The van der Waals surface area contributed by atoms with Crippen molar-refractivity contribution in [2.45, 2.75) is 44.6 Å². The lowest BCUT2D eigenvalue weighted by Gasteiger charge is -2.32. The lowest BCUT2D eigenvalue weighted by atomic mass is 9.96. The standard InChI is InChI=1S/C14H26N2O2/c1-18-14(17)3-2-8-16-9-6-12(7-10-16)11-15-13-4-5-13/h12-13,15H,2-11H2,1H3. The van der Waals surface area contributed by atoms with Gasteiger partial charge in [-0.2, -0.15) is 0 Å². The fourth-order valence-corrected chi connectivity index (χ4v) is 2.58. The van der Waals surface area contributed by atoms with E-state index in [0.717, 1.165) is 24.9 Å². The topological polar surface area (TPSA) is 41.6 Å². The second-order valence-corrected chi connectivity index (χ2v) is 5.65. The molecule has 0 bridgehead atoms. The number of ether oxygens (including phenoxy) is 1. The normalized spacial score (nSPS) is 22.1. The van der Waals surface area contributed by atoms with Gasteiger partial charge >= 0.3 is 5.97 Å². The van der Waals surface area contributed by atoms with Gasteiger partial charge in [0.1, 0.15) is 0 Å². The molecular formula is C14H26N2O2. The summed E-state index contributed by atoms with van der Waals surface area (Å²) in [6.07, 6.45) is 6.85. The SMILES string of the molecule is COC(=O)CCCN1CCC(CNC2CC2)CC1. The summed E-state index contributed by atoms with van der Waals surface area (Å²) in [6.45, 7) is 4.63. The van der Waals surface area contributed by atoms with Gasteiger partial charge in [0, 0.05) is 12.5 Å². The van der Waals surface area contributed by atoms with Gasteiger partial charge in [-0.1, -0.05) is 0 Å². The van der Waals surface area contributed by atoms with Crippen molar-refractivity contribution in [2.24, 2.45) is 5.92 Å². The van der Waals surface area contributed by atoms with Crippen molar-refractivity contribution in [1.29, 1.82) is 0 Å². The minimum Gasteiger partial charge on any atom is -0.469 e. The van der Waals surface area contributed by atoms with E-state index in [9.17, 15) is 4.79 Å². The second kappa shape index (κ2) is 7.10. The first kappa shape index (κ1) is 13.8. The van der Waals surface area contributed by atoms with E-state index in [0.29, 0.717) is 6.42 Å². The molecule has 1 saturated heterocycles. The molecule has 4 heteroatoms. The van der Waals surface area contributed by atoms with Crippen LogP contribution >= 0.6 is 0 Å². The third-order valence-corrected chi connectivity index (χ3v) is 4.06. The Morgan fingerprint density at radius 2 is 2.00 bits per heavy atom. The number of methoxy groups -OCH3 is 1. The molecule has 2 aliphatic rings. The van der Waals surface area contributed by atoms with Crippen LogP contribution in [-0.2, 0) is 9.53 Å². The summed E-state index contributed by atoms with van der Waals surface area (Å²) in [5.74, 6) is 0.779. The Labute approximate surface area is 110 Å². The molecule has 0 unspecified atom stereocenters. The van der Waals surface area contributed by atoms with Gasteiger partial charge in [0.25, 0.3) is 0 Å². The number of hydrogen-bond acceptors (Lipinski definition) is 4. The van der Waals surface area contributed by atoms with E-state index in [2.05, 4.69) is 15.0 Å². The first-order valence-corrected chi connectivity index (χ1v) is 7.30. The molecule has 0 aromatic carbocycles. The molecule has 0 amide bonds. The van der Waals surface area contributed by atoms with Crippen LogP contribution < -0.4 is 5.32 Å². The van der Waals surface area contributed by atoms with Gasteiger partial charge in [-0.15, -0.1) is 0 Å². The summed E-state index contributed by atoms with van der Waals surface area (Å²) in [6, 6.07) is 0.836. The third kappa shape index (κ3) is 4.94. The summed E-state index contributed by atoms with van der Waals surface area (Å²) in [5.41, 5.74) is 0. The minimum absolute atomic E-state index is 0.0847. The number of nitrogens with zero attached hydrogens (tertiary/aromatic N) is 1. The molecule has 0 spiro atoms. The van der Waals surface area contributed by atoms with E-state index in [1.54, 1.807) is 0 Å². The Morgan fingerprint density at radius 1 is 1.28 bits per heavy atom. The van der Waals surface area contributed by atoms with Gasteiger partial charge in [0.2, 0.25) is 0 Å². The zero-order valence-electron chi connectivity index (χ0n) is 11.5. The van der Waals surface area contributed by atoms with Crippen molar-refractivity contribution in [3.8, 4) is 0 Å². The van der Waals surface area contributed by atoms with Crippen molar-refractivity contribution in [3.05, 3.63) is 0 Å². The molecular weight excluding hydrogens is 228 g/mol. The van der Waals surface area contributed by atoms with Gasteiger partial charge in [-0.25, -0.2) is 0 Å². The van der Waals surface area contributed by atoms with Crippen LogP contribution in [0.15, 0.2) is 0 Å². The van der Waals surface area contributed by atoms with Crippen molar-refractivity contribution in [3.63, 3.8) is 0 Å². The number of carbonyl (C=O) groups excluding carboxylic acids is 1. The van der Waals surface area contributed by atoms with Gasteiger partial charge in [-0.3, -0.25) is 4.79 Å². The molecule has 0 radical (unpaired) electrons. The van der Waals surface area contributed by atoms with E-state index in [1.165, 1.54) is 52.4 Å². The lowest BCUT2D eigenvalue weighted by molar-refractivity contribution is -0.140. The second-order valence-electron chi connectivity index (χ2n) is 5.65. The van der Waals surface area contributed by atoms with E-state index >= 15 is 0 Å². The maximum absolute atomic E-state index is 11.0. The summed E-state index contributed by atoms with van der Waals surface area (Å²) < 4.78 is 4.65. The van der Waals surface area contributed by atoms with Gasteiger partial charge in [0.15, 0.2) is 0 Å². The van der Waals surface area contributed by atoms with E-state index in [-0.39, 0.29) is 5.97 Å². The zero-order chi connectivity index (χ0) is 12.8. The summed E-state index contributed by atoms with van der Waals surface area (Å²) >= 11 is 0. The predicted octanol–water partition coefficient (Wildman–Crippen LogP) is 1.40. The largest absolute Gasteiger partial charge is 0.469 e. The van der Waals surface area contributed by atoms with Crippen molar-refractivity contribution in [2.75, 3.05) is 33.3 Å². The van der Waals surface area contributed by atoms with Crippen LogP contribution in [0.2, 0.25) is 0 Å². The average molecular weight is 254 g/mol. The number of likely N-dealkylation sites (tertiary alicyclic amines) is 1. The van der Waals surface area contributed by atoms with Crippen LogP contribution in [0.4, 0.5) is 0 Å². The van der Waals surface area contributed by atoms with E-state index in [1.807, 2.05) is 0 Å². The highest BCUT2D eigenvalue weighted by molar-refractivity contribution is 5.69. The summed E-state index contributed by atoms with van der Waals surface area (Å²) in [7, 11) is 1.46. The minimum atomic E-state index is -0.0847. The first-order chi connectivity index (χ1) is 8.78. The Kier molecular flexibility index (Phi) is 5.45. The molecule has 1 aliphatic heterocycles. The quantitative estimate of drug-likeness (QED) is 0.697. The maximum atomic E-state index is 11.0. The van der Waals surface area contributed by atoms with Crippen molar-refractivity contribution >= 4 is 5.97 Å². The van der Waals surface area contributed by atoms with Crippen molar-refractivity contribution < 1.29 is 9.53 Å². The van der Waals surface area contributed by atoms with Crippen LogP contribution in [0, 0.1) is 5.92 Å². The molecule has 104 valence electrons.